The van der Waals surface area contributed by atoms with Crippen molar-refractivity contribution >= 4 is 39.3 Å². The SMILES string of the molecule is CCC1C(=O)NC(=O)CN1C(=O)c1ccc(N)c(Br)c1. The number of nitrogens with zero attached hydrogens (tertiary/aromatic N) is 1. The van der Waals surface area contributed by atoms with Gasteiger partial charge < -0.3 is 10.6 Å². The van der Waals surface area contributed by atoms with Gasteiger partial charge in [0.25, 0.3) is 5.91 Å². The monoisotopic (exact) mass is 339 g/mol. The second-order valence-corrected chi connectivity index (χ2v) is 5.36. The van der Waals surface area contributed by atoms with E-state index >= 15 is 0 Å². The van der Waals surface area contributed by atoms with E-state index in [-0.39, 0.29) is 12.5 Å². The van der Waals surface area contributed by atoms with E-state index in [1.165, 1.54) is 4.90 Å². The number of anilines is 1. The molecule has 3 N–H and O–H groups in total. The van der Waals surface area contributed by atoms with Gasteiger partial charge in [0, 0.05) is 15.7 Å². The first kappa shape index (κ1) is 14.5. The molecule has 0 bridgehead atoms. The van der Waals surface area contributed by atoms with Gasteiger partial charge in [-0.25, -0.2) is 0 Å². The Hall–Kier alpha value is -1.89. The number of nitrogens with two attached hydrogens (primary N) is 1. The fourth-order valence-electron chi connectivity index (χ4n) is 2.11. The molecule has 1 aromatic carbocycles. The maximum Gasteiger partial charge on any atom is 0.255 e. The summed E-state index contributed by atoms with van der Waals surface area (Å²) in [7, 11) is 0. The van der Waals surface area contributed by atoms with Crippen molar-refractivity contribution in [1.82, 2.24) is 10.2 Å². The largest absolute Gasteiger partial charge is 0.398 e. The quantitative estimate of drug-likeness (QED) is 0.618. The van der Waals surface area contributed by atoms with Crippen LogP contribution in [0.2, 0.25) is 0 Å². The van der Waals surface area contributed by atoms with Gasteiger partial charge in [0.05, 0.1) is 0 Å². The number of halogens is 1. The summed E-state index contributed by atoms with van der Waals surface area (Å²) in [6.45, 7) is 1.67. The number of hydrogen-bond donors (Lipinski definition) is 2. The molecule has 1 heterocycles. The van der Waals surface area contributed by atoms with Crippen LogP contribution in [-0.4, -0.2) is 35.2 Å². The molecule has 0 aromatic heterocycles. The highest BCUT2D eigenvalue weighted by molar-refractivity contribution is 9.10. The van der Waals surface area contributed by atoms with Gasteiger partial charge in [0.1, 0.15) is 12.6 Å². The third kappa shape index (κ3) is 2.67. The predicted molar refractivity (Wildman–Crippen MR) is 76.8 cm³/mol. The number of amides is 3. The molecule has 0 aliphatic carbocycles. The van der Waals surface area contributed by atoms with E-state index in [1.54, 1.807) is 25.1 Å². The van der Waals surface area contributed by atoms with Crippen LogP contribution in [0, 0.1) is 0 Å². The number of benzene rings is 1. The lowest BCUT2D eigenvalue weighted by molar-refractivity contribution is -0.138. The molecule has 3 amide bonds. The summed E-state index contributed by atoms with van der Waals surface area (Å²) in [5, 5.41) is 2.24. The van der Waals surface area contributed by atoms with Crippen molar-refractivity contribution in [2.45, 2.75) is 19.4 Å². The predicted octanol–water partition coefficient (Wildman–Crippen LogP) is 0.908. The highest BCUT2D eigenvalue weighted by Crippen LogP contribution is 2.22. The van der Waals surface area contributed by atoms with Crippen molar-refractivity contribution < 1.29 is 14.4 Å². The van der Waals surface area contributed by atoms with Crippen LogP contribution < -0.4 is 11.1 Å². The molecule has 6 nitrogen and oxygen atoms in total. The van der Waals surface area contributed by atoms with Crippen LogP contribution in [0.25, 0.3) is 0 Å². The van der Waals surface area contributed by atoms with Gasteiger partial charge in [0.15, 0.2) is 0 Å². The maximum absolute atomic E-state index is 12.5. The summed E-state index contributed by atoms with van der Waals surface area (Å²) in [4.78, 5) is 36.9. The van der Waals surface area contributed by atoms with E-state index in [9.17, 15) is 14.4 Å². The molecular formula is C13H14BrN3O3. The maximum atomic E-state index is 12.5. The van der Waals surface area contributed by atoms with Crippen LogP contribution in [0.4, 0.5) is 5.69 Å². The van der Waals surface area contributed by atoms with Crippen molar-refractivity contribution in [3.05, 3.63) is 28.2 Å². The smallest absolute Gasteiger partial charge is 0.255 e. The fourth-order valence-corrected chi connectivity index (χ4v) is 2.49. The number of rotatable bonds is 2. The summed E-state index contributed by atoms with van der Waals surface area (Å²) in [5.41, 5.74) is 6.57. The lowest BCUT2D eigenvalue weighted by atomic mass is 10.1. The minimum atomic E-state index is -0.628. The van der Waals surface area contributed by atoms with E-state index in [2.05, 4.69) is 21.2 Å². The standard InChI is InChI=1S/C13H14BrN3O3/c1-2-10-12(19)16-11(18)6-17(10)13(20)7-3-4-9(15)8(14)5-7/h3-5,10H,2,6,15H2,1H3,(H,16,18,19). The van der Waals surface area contributed by atoms with Crippen molar-refractivity contribution in [1.29, 1.82) is 0 Å². The number of carbonyl (C=O) groups is 3. The molecule has 7 heteroatoms. The van der Waals surface area contributed by atoms with Crippen LogP contribution in [-0.2, 0) is 9.59 Å². The zero-order valence-electron chi connectivity index (χ0n) is 10.9. The third-order valence-corrected chi connectivity index (χ3v) is 3.84. The lowest BCUT2D eigenvalue weighted by Crippen LogP contribution is -2.59. The molecule has 0 saturated carbocycles. The molecule has 1 aromatic rings. The molecular weight excluding hydrogens is 326 g/mol. The first-order chi connectivity index (χ1) is 9.43. The van der Waals surface area contributed by atoms with E-state index in [1.807, 2.05) is 0 Å². The van der Waals surface area contributed by atoms with Crippen LogP contribution in [0.3, 0.4) is 0 Å². The first-order valence-electron chi connectivity index (χ1n) is 6.13. The van der Waals surface area contributed by atoms with Gasteiger partial charge in [-0.2, -0.15) is 0 Å². The van der Waals surface area contributed by atoms with Gasteiger partial charge in [-0.3, -0.25) is 19.7 Å². The number of nitrogens with one attached hydrogen (secondary N) is 1. The van der Waals surface area contributed by atoms with E-state index in [4.69, 9.17) is 5.73 Å². The normalized spacial score (nSPS) is 18.9. The Balaban J connectivity index is 2.32. The molecule has 0 radical (unpaired) electrons. The number of nitrogen functional groups attached to an aromatic ring is 1. The Labute approximate surface area is 124 Å². The lowest BCUT2D eigenvalue weighted by Gasteiger charge is -2.33. The van der Waals surface area contributed by atoms with Crippen molar-refractivity contribution in [3.8, 4) is 0 Å². The average Bonchev–Trinajstić information content (AvgIpc) is 2.40. The molecule has 106 valence electrons. The minimum absolute atomic E-state index is 0.120. The van der Waals surface area contributed by atoms with E-state index in [0.717, 1.165) is 0 Å². The summed E-state index contributed by atoms with van der Waals surface area (Å²) >= 11 is 3.25. The highest BCUT2D eigenvalue weighted by Gasteiger charge is 2.35. The summed E-state index contributed by atoms with van der Waals surface area (Å²) in [6, 6.07) is 4.13. The van der Waals surface area contributed by atoms with Crippen LogP contribution >= 0.6 is 15.9 Å². The Bertz CT molecular complexity index is 588. The Kier molecular flexibility index (Phi) is 4.08. The number of imide groups is 1. The van der Waals surface area contributed by atoms with Crippen molar-refractivity contribution in [2.24, 2.45) is 0 Å². The highest BCUT2D eigenvalue weighted by atomic mass is 79.9. The Morgan fingerprint density at radius 3 is 2.80 bits per heavy atom. The molecule has 1 atom stereocenters. The van der Waals surface area contributed by atoms with Crippen molar-refractivity contribution in [3.63, 3.8) is 0 Å². The second kappa shape index (κ2) is 5.62. The number of carbonyl (C=O) groups excluding carboxylic acids is 3. The molecule has 1 aliphatic rings. The van der Waals surface area contributed by atoms with Gasteiger partial charge in [-0.1, -0.05) is 6.92 Å². The third-order valence-electron chi connectivity index (χ3n) is 3.15. The minimum Gasteiger partial charge on any atom is -0.398 e. The van der Waals surface area contributed by atoms with E-state index < -0.39 is 17.9 Å². The molecule has 1 fully saturated rings. The fraction of sp³-hybridized carbons (Fsp3) is 0.308. The Morgan fingerprint density at radius 2 is 2.20 bits per heavy atom. The van der Waals surface area contributed by atoms with Crippen LogP contribution in [0.1, 0.15) is 23.7 Å². The summed E-state index contributed by atoms with van der Waals surface area (Å²) in [6.07, 6.45) is 0.445. The summed E-state index contributed by atoms with van der Waals surface area (Å²) < 4.78 is 0.601. The van der Waals surface area contributed by atoms with Gasteiger partial charge in [0.2, 0.25) is 11.8 Å². The molecule has 1 aliphatic heterocycles. The van der Waals surface area contributed by atoms with Gasteiger partial charge >= 0.3 is 0 Å². The zero-order valence-corrected chi connectivity index (χ0v) is 12.4. The van der Waals surface area contributed by atoms with Crippen LogP contribution in [0.15, 0.2) is 22.7 Å². The number of hydrogen-bond acceptors (Lipinski definition) is 4. The average molecular weight is 340 g/mol. The number of piperazine rings is 1. The first-order valence-corrected chi connectivity index (χ1v) is 6.93. The molecule has 0 spiro atoms. The molecule has 20 heavy (non-hydrogen) atoms. The molecule has 1 saturated heterocycles. The zero-order chi connectivity index (χ0) is 14.9. The van der Waals surface area contributed by atoms with Crippen molar-refractivity contribution in [2.75, 3.05) is 12.3 Å². The molecule has 1 unspecified atom stereocenters. The second-order valence-electron chi connectivity index (χ2n) is 4.51. The van der Waals surface area contributed by atoms with E-state index in [0.29, 0.717) is 22.1 Å². The topological polar surface area (TPSA) is 92.5 Å². The van der Waals surface area contributed by atoms with Crippen LogP contribution in [0.5, 0.6) is 0 Å². The Morgan fingerprint density at radius 1 is 1.50 bits per heavy atom. The van der Waals surface area contributed by atoms with Gasteiger partial charge in [-0.05, 0) is 40.5 Å². The molecule has 2 rings (SSSR count). The van der Waals surface area contributed by atoms with Gasteiger partial charge in [-0.15, -0.1) is 0 Å². The summed E-state index contributed by atoms with van der Waals surface area (Å²) in [5.74, 6) is -1.27.